The fourth-order valence-corrected chi connectivity index (χ4v) is 2.83. The van der Waals surface area contributed by atoms with Gasteiger partial charge in [0.1, 0.15) is 0 Å². The van der Waals surface area contributed by atoms with Crippen molar-refractivity contribution >= 4 is 22.7 Å². The van der Waals surface area contributed by atoms with Crippen LogP contribution in [-0.4, -0.2) is 12.3 Å². The largest absolute Gasteiger partial charge is 0.411 e. The Labute approximate surface area is 143 Å². The van der Waals surface area contributed by atoms with Gasteiger partial charge in [-0.3, -0.25) is 0 Å². The first kappa shape index (κ1) is 19.5. The molecule has 0 amide bonds. The summed E-state index contributed by atoms with van der Waals surface area (Å²) < 4.78 is 83.8. The summed E-state index contributed by atoms with van der Waals surface area (Å²) in [5.74, 6) is 0. The molecule has 0 aliphatic heterocycles. The van der Waals surface area contributed by atoms with Gasteiger partial charge < -0.3 is 22.9 Å². The van der Waals surface area contributed by atoms with E-state index in [1.165, 1.54) is 0 Å². The number of hydrogen-bond acceptors (Lipinski definition) is 5. The van der Waals surface area contributed by atoms with E-state index in [4.69, 9.17) is 22.9 Å². The summed E-state index contributed by atoms with van der Waals surface area (Å²) in [4.78, 5) is 2.48. The van der Waals surface area contributed by atoms with E-state index < -0.39 is 40.2 Å². The van der Waals surface area contributed by atoms with Crippen molar-refractivity contribution < 1.29 is 31.4 Å². The molecule has 26 heavy (non-hydrogen) atoms. The third-order valence-corrected chi connectivity index (χ3v) is 3.92. The molecule has 0 radical (unpaired) electrons. The Morgan fingerprint density at radius 2 is 1.08 bits per heavy atom. The van der Waals surface area contributed by atoms with Crippen LogP contribution in [0.2, 0.25) is 0 Å². The van der Waals surface area contributed by atoms with Gasteiger partial charge in [-0.15, -0.1) is 4.94 Å². The van der Waals surface area contributed by atoms with Crippen molar-refractivity contribution in [2.75, 3.05) is 22.9 Å². The van der Waals surface area contributed by atoms with Crippen LogP contribution in [0.1, 0.15) is 11.1 Å². The third kappa shape index (κ3) is 2.73. The first-order valence-corrected chi connectivity index (χ1v) is 6.93. The number of rotatable bonds is 4. The van der Waals surface area contributed by atoms with Crippen LogP contribution < -0.4 is 22.9 Å². The molecule has 0 saturated carbocycles. The SMILES string of the molecule is Nc1ccc(C(c2ccc(N)cc2N)(C(F)(F)F)C(F)(F)OF)c(N)c1. The highest BCUT2D eigenvalue weighted by atomic mass is 19.4. The minimum atomic E-state index is -5.78. The van der Waals surface area contributed by atoms with Gasteiger partial charge in [0, 0.05) is 33.9 Å². The molecule has 0 fully saturated rings. The Morgan fingerprint density at radius 1 is 0.692 bits per heavy atom. The van der Waals surface area contributed by atoms with Crippen molar-refractivity contribution in [1.29, 1.82) is 0 Å². The third-order valence-electron chi connectivity index (χ3n) is 3.92. The molecular formula is C15H14F6N4O. The van der Waals surface area contributed by atoms with Gasteiger partial charge in [0.15, 0.2) is 0 Å². The summed E-state index contributed by atoms with van der Waals surface area (Å²) in [6, 6.07) is 4.71. The van der Waals surface area contributed by atoms with Crippen LogP contribution in [0.5, 0.6) is 0 Å². The van der Waals surface area contributed by atoms with Crippen LogP contribution in [0.25, 0.3) is 0 Å². The lowest BCUT2D eigenvalue weighted by atomic mass is 9.71. The smallest absolute Gasteiger partial charge is 0.399 e. The second-order valence-electron chi connectivity index (χ2n) is 5.54. The monoisotopic (exact) mass is 380 g/mol. The quantitative estimate of drug-likeness (QED) is 0.480. The average molecular weight is 380 g/mol. The molecule has 0 atom stereocenters. The molecule has 11 heteroatoms. The lowest BCUT2D eigenvalue weighted by Gasteiger charge is -2.40. The Kier molecular flexibility index (Phi) is 4.62. The fraction of sp³-hybridized carbons (Fsp3) is 0.200. The van der Waals surface area contributed by atoms with Crippen LogP contribution >= 0.6 is 0 Å². The summed E-state index contributed by atoms with van der Waals surface area (Å²) in [6.45, 7) is 0. The molecule has 0 saturated heterocycles. The minimum absolute atomic E-state index is 0.0860. The van der Waals surface area contributed by atoms with Gasteiger partial charge in [-0.25, -0.2) is 0 Å². The minimum Gasteiger partial charge on any atom is -0.399 e. The Morgan fingerprint density at radius 3 is 1.35 bits per heavy atom. The molecule has 0 unspecified atom stereocenters. The molecule has 8 N–H and O–H groups in total. The topological polar surface area (TPSA) is 113 Å². The number of alkyl halides is 5. The zero-order valence-corrected chi connectivity index (χ0v) is 12.9. The second kappa shape index (κ2) is 6.16. The maximum atomic E-state index is 14.4. The van der Waals surface area contributed by atoms with Crippen molar-refractivity contribution in [3.8, 4) is 0 Å². The second-order valence-corrected chi connectivity index (χ2v) is 5.54. The zero-order valence-electron chi connectivity index (χ0n) is 12.9. The maximum Gasteiger partial charge on any atom is 0.411 e. The van der Waals surface area contributed by atoms with Crippen LogP contribution in [0.4, 0.5) is 49.2 Å². The lowest BCUT2D eigenvalue weighted by molar-refractivity contribution is -0.411. The highest BCUT2D eigenvalue weighted by molar-refractivity contribution is 5.68. The maximum absolute atomic E-state index is 14.4. The van der Waals surface area contributed by atoms with Gasteiger partial charge in [0.25, 0.3) is 0 Å². The first-order chi connectivity index (χ1) is 11.9. The normalized spacial score (nSPS) is 13.0. The Balaban J connectivity index is 3.05. The molecule has 0 aromatic heterocycles. The molecule has 0 bridgehead atoms. The summed E-state index contributed by atoms with van der Waals surface area (Å²) >= 11 is 0. The molecule has 142 valence electrons. The average Bonchev–Trinajstić information content (AvgIpc) is 2.50. The molecule has 0 spiro atoms. The Hall–Kier alpha value is -2.82. The molecule has 0 heterocycles. The number of nitrogen functional groups attached to an aromatic ring is 4. The molecule has 2 aromatic carbocycles. The van der Waals surface area contributed by atoms with E-state index in [9.17, 15) is 26.5 Å². The predicted octanol–water partition coefficient (Wildman–Crippen LogP) is 3.36. The summed E-state index contributed by atoms with van der Waals surface area (Å²) in [5.41, 5.74) is 13.5. The molecule has 2 rings (SSSR count). The van der Waals surface area contributed by atoms with E-state index >= 15 is 0 Å². The zero-order chi connectivity index (χ0) is 19.9. The van der Waals surface area contributed by atoms with E-state index in [0.29, 0.717) is 12.1 Å². The molecule has 0 aliphatic carbocycles. The van der Waals surface area contributed by atoms with E-state index in [2.05, 4.69) is 4.94 Å². The van der Waals surface area contributed by atoms with E-state index in [-0.39, 0.29) is 11.4 Å². The summed E-state index contributed by atoms with van der Waals surface area (Å²) in [7, 11) is 0. The molecule has 2 aromatic rings. The van der Waals surface area contributed by atoms with Gasteiger partial charge in [0.2, 0.25) is 5.41 Å². The summed E-state index contributed by atoms with van der Waals surface area (Å²) in [5, 5.41) is 0. The number of anilines is 4. The van der Waals surface area contributed by atoms with Gasteiger partial charge in [-0.2, -0.15) is 22.0 Å². The molecule has 0 aliphatic rings. The van der Waals surface area contributed by atoms with Crippen LogP contribution in [0.15, 0.2) is 36.4 Å². The van der Waals surface area contributed by atoms with Crippen molar-refractivity contribution in [3.63, 3.8) is 0 Å². The van der Waals surface area contributed by atoms with Crippen LogP contribution in [0.3, 0.4) is 0 Å². The molecular weight excluding hydrogens is 366 g/mol. The van der Waals surface area contributed by atoms with Gasteiger partial charge in [0.05, 0.1) is 0 Å². The standard InChI is InChI=1S/C15H14F6N4O/c16-14(17,18)13(15(19,20)26-21,9-3-1-7(22)5-11(9)24)10-4-2-8(23)6-12(10)25/h1-6H,22-25H2. The van der Waals surface area contributed by atoms with Gasteiger partial charge >= 0.3 is 12.3 Å². The fourth-order valence-electron chi connectivity index (χ4n) is 2.83. The first-order valence-electron chi connectivity index (χ1n) is 6.93. The van der Waals surface area contributed by atoms with Crippen molar-refractivity contribution in [1.82, 2.24) is 0 Å². The van der Waals surface area contributed by atoms with Crippen LogP contribution in [0, 0.1) is 0 Å². The highest BCUT2D eigenvalue weighted by Crippen LogP contribution is 2.58. The summed E-state index contributed by atoms with van der Waals surface area (Å²) in [6.07, 6.45) is -11.2. The predicted molar refractivity (Wildman–Crippen MR) is 84.5 cm³/mol. The van der Waals surface area contributed by atoms with E-state index in [1.807, 2.05) is 0 Å². The van der Waals surface area contributed by atoms with E-state index in [0.717, 1.165) is 24.3 Å². The van der Waals surface area contributed by atoms with Crippen molar-refractivity contribution in [2.24, 2.45) is 0 Å². The number of hydrogen-bond donors (Lipinski definition) is 4. The van der Waals surface area contributed by atoms with Gasteiger partial charge in [-0.1, -0.05) is 12.1 Å². The van der Waals surface area contributed by atoms with Crippen molar-refractivity contribution in [2.45, 2.75) is 17.7 Å². The van der Waals surface area contributed by atoms with Crippen molar-refractivity contribution in [3.05, 3.63) is 47.5 Å². The Bertz CT molecular complexity index is 773. The number of benzene rings is 2. The highest BCUT2D eigenvalue weighted by Gasteiger charge is 2.74. The lowest BCUT2D eigenvalue weighted by Crippen LogP contribution is -2.57. The van der Waals surface area contributed by atoms with Gasteiger partial charge in [-0.05, 0) is 28.8 Å². The van der Waals surface area contributed by atoms with Crippen LogP contribution in [-0.2, 0) is 10.4 Å². The van der Waals surface area contributed by atoms with E-state index in [1.54, 1.807) is 0 Å². The molecule has 5 nitrogen and oxygen atoms in total. The number of nitrogens with two attached hydrogens (primary N) is 4. The number of halogens is 6.